The van der Waals surface area contributed by atoms with Crippen molar-refractivity contribution in [2.45, 2.75) is 59.2 Å². The van der Waals surface area contributed by atoms with Gasteiger partial charge in [-0.2, -0.15) is 0 Å². The molecule has 18 heavy (non-hydrogen) atoms. The zero-order valence-corrected chi connectivity index (χ0v) is 12.6. The van der Waals surface area contributed by atoms with E-state index >= 15 is 0 Å². The lowest BCUT2D eigenvalue weighted by molar-refractivity contribution is -0.132. The Labute approximate surface area is 112 Å². The van der Waals surface area contributed by atoms with Gasteiger partial charge in [0.25, 0.3) is 0 Å². The number of rotatable bonds is 7. The molecule has 4 nitrogen and oxygen atoms in total. The molecule has 1 amide bonds. The predicted molar refractivity (Wildman–Crippen MR) is 75.4 cm³/mol. The maximum absolute atomic E-state index is 12.3. The highest BCUT2D eigenvalue weighted by atomic mass is 16.2. The third-order valence-electron chi connectivity index (χ3n) is 4.20. The third-order valence-corrected chi connectivity index (χ3v) is 4.20. The number of amides is 1. The molecule has 2 atom stereocenters. The van der Waals surface area contributed by atoms with Crippen LogP contribution in [0.1, 0.15) is 47.5 Å². The second-order valence-electron chi connectivity index (χ2n) is 5.38. The molecule has 106 valence electrons. The van der Waals surface area contributed by atoms with Gasteiger partial charge in [-0.1, -0.05) is 20.8 Å². The molecule has 2 unspecified atom stereocenters. The second kappa shape index (κ2) is 6.53. The normalized spacial score (nSPS) is 28.4. The summed E-state index contributed by atoms with van der Waals surface area (Å²) in [7, 11) is 0. The van der Waals surface area contributed by atoms with E-state index in [1.807, 2.05) is 11.8 Å². The minimum absolute atomic E-state index is 0.166. The van der Waals surface area contributed by atoms with Crippen molar-refractivity contribution in [1.82, 2.24) is 15.1 Å². The summed E-state index contributed by atoms with van der Waals surface area (Å²) >= 11 is 0. The lowest BCUT2D eigenvalue weighted by Gasteiger charge is -2.24. The van der Waals surface area contributed by atoms with E-state index in [1.165, 1.54) is 0 Å². The largest absolute Gasteiger partial charge is 0.326 e. The predicted octanol–water partition coefficient (Wildman–Crippen LogP) is 1.66. The Morgan fingerprint density at radius 3 is 2.39 bits per heavy atom. The lowest BCUT2D eigenvalue weighted by Crippen LogP contribution is -2.43. The van der Waals surface area contributed by atoms with Gasteiger partial charge in [-0.3, -0.25) is 10.1 Å². The molecule has 1 saturated heterocycles. The van der Waals surface area contributed by atoms with Crippen molar-refractivity contribution < 1.29 is 4.79 Å². The van der Waals surface area contributed by atoms with E-state index in [1.54, 1.807) is 0 Å². The van der Waals surface area contributed by atoms with E-state index in [0.717, 1.165) is 39.0 Å². The van der Waals surface area contributed by atoms with Gasteiger partial charge in [0.15, 0.2) is 0 Å². The molecular formula is C14H29N3O. The first-order valence-corrected chi connectivity index (χ1v) is 7.29. The molecule has 0 bridgehead atoms. The van der Waals surface area contributed by atoms with E-state index in [0.29, 0.717) is 0 Å². The van der Waals surface area contributed by atoms with Gasteiger partial charge in [0.05, 0.1) is 11.7 Å². The van der Waals surface area contributed by atoms with Crippen LogP contribution in [0.3, 0.4) is 0 Å². The van der Waals surface area contributed by atoms with Crippen molar-refractivity contribution in [1.29, 1.82) is 0 Å². The highest BCUT2D eigenvalue weighted by Gasteiger charge is 2.44. The molecule has 1 N–H and O–H groups in total. The lowest BCUT2D eigenvalue weighted by atomic mass is 9.99. The van der Waals surface area contributed by atoms with Crippen LogP contribution in [0, 0.1) is 0 Å². The van der Waals surface area contributed by atoms with Crippen molar-refractivity contribution >= 4 is 5.91 Å². The number of nitrogens with one attached hydrogen (secondary N) is 1. The summed E-state index contributed by atoms with van der Waals surface area (Å²) in [4.78, 5) is 16.7. The molecule has 0 radical (unpaired) electrons. The molecule has 4 heteroatoms. The highest BCUT2D eigenvalue weighted by molar-refractivity contribution is 5.88. The van der Waals surface area contributed by atoms with Crippen molar-refractivity contribution in [2.24, 2.45) is 0 Å². The van der Waals surface area contributed by atoms with E-state index in [-0.39, 0.29) is 17.6 Å². The van der Waals surface area contributed by atoms with E-state index in [9.17, 15) is 4.79 Å². The molecule has 0 aromatic carbocycles. The Morgan fingerprint density at radius 1 is 1.33 bits per heavy atom. The van der Waals surface area contributed by atoms with Crippen molar-refractivity contribution in [3.8, 4) is 0 Å². The fourth-order valence-electron chi connectivity index (χ4n) is 2.65. The fraction of sp³-hybridized carbons (Fsp3) is 0.929. The zero-order valence-electron chi connectivity index (χ0n) is 12.6. The molecule has 0 saturated carbocycles. The van der Waals surface area contributed by atoms with Crippen LogP contribution < -0.4 is 5.32 Å². The molecule has 0 aromatic heterocycles. The Hall–Kier alpha value is -0.610. The van der Waals surface area contributed by atoms with Crippen LogP contribution in [0.15, 0.2) is 0 Å². The SMILES string of the molecule is CCN(CC)CCCN1C(=O)C(C)(CC)NC1C. The number of hydrogen-bond donors (Lipinski definition) is 1. The van der Waals surface area contributed by atoms with Crippen molar-refractivity contribution in [3.05, 3.63) is 0 Å². The second-order valence-corrected chi connectivity index (χ2v) is 5.38. The molecule has 0 aromatic rings. The number of carbonyl (C=O) groups is 1. The Kier molecular flexibility index (Phi) is 5.60. The maximum atomic E-state index is 12.3. The van der Waals surface area contributed by atoms with Gasteiger partial charge >= 0.3 is 0 Å². The zero-order chi connectivity index (χ0) is 13.8. The van der Waals surface area contributed by atoms with Crippen LogP contribution in [-0.2, 0) is 4.79 Å². The summed E-state index contributed by atoms with van der Waals surface area (Å²) in [5.74, 6) is 0.261. The molecule has 1 aliphatic rings. The first kappa shape index (κ1) is 15.4. The van der Waals surface area contributed by atoms with Gasteiger partial charge in [0.2, 0.25) is 5.91 Å². The first-order valence-electron chi connectivity index (χ1n) is 7.29. The summed E-state index contributed by atoms with van der Waals surface area (Å²) in [5, 5.41) is 3.41. The molecule has 1 rings (SSSR count). The summed E-state index contributed by atoms with van der Waals surface area (Å²) in [6.07, 6.45) is 2.07. The average Bonchev–Trinajstić information content (AvgIpc) is 2.58. The Bertz CT molecular complexity index is 278. The standard InChI is InChI=1S/C14H29N3O/c1-6-14(5)13(18)17(12(4)15-14)11-9-10-16(7-2)8-3/h12,15H,6-11H2,1-5H3. The van der Waals surface area contributed by atoms with E-state index < -0.39 is 0 Å². The number of hydrogen-bond acceptors (Lipinski definition) is 3. The average molecular weight is 255 g/mol. The van der Waals surface area contributed by atoms with Crippen LogP contribution in [0.25, 0.3) is 0 Å². The maximum Gasteiger partial charge on any atom is 0.243 e. The van der Waals surface area contributed by atoms with Crippen molar-refractivity contribution in [3.63, 3.8) is 0 Å². The monoisotopic (exact) mass is 255 g/mol. The van der Waals surface area contributed by atoms with Crippen LogP contribution in [-0.4, -0.2) is 53.6 Å². The van der Waals surface area contributed by atoms with Gasteiger partial charge in [-0.25, -0.2) is 0 Å². The summed E-state index contributed by atoms with van der Waals surface area (Å²) < 4.78 is 0. The summed E-state index contributed by atoms with van der Waals surface area (Å²) in [5.41, 5.74) is -0.353. The fourth-order valence-corrected chi connectivity index (χ4v) is 2.65. The molecular weight excluding hydrogens is 226 g/mol. The molecule has 0 aliphatic carbocycles. The first-order chi connectivity index (χ1) is 8.48. The highest BCUT2D eigenvalue weighted by Crippen LogP contribution is 2.23. The van der Waals surface area contributed by atoms with Gasteiger partial charge in [-0.15, -0.1) is 0 Å². The molecule has 1 aliphatic heterocycles. The molecule has 1 fully saturated rings. The quantitative estimate of drug-likeness (QED) is 0.751. The van der Waals surface area contributed by atoms with Crippen LogP contribution in [0.2, 0.25) is 0 Å². The van der Waals surface area contributed by atoms with E-state index in [4.69, 9.17) is 0 Å². The molecule has 0 spiro atoms. The Morgan fingerprint density at radius 2 is 1.94 bits per heavy atom. The number of nitrogens with zero attached hydrogens (tertiary/aromatic N) is 2. The summed E-state index contributed by atoms with van der Waals surface area (Å²) in [6, 6.07) is 0. The Balaban J connectivity index is 2.45. The van der Waals surface area contributed by atoms with Gasteiger partial charge in [-0.05, 0) is 46.3 Å². The van der Waals surface area contributed by atoms with Gasteiger partial charge in [0.1, 0.15) is 0 Å². The topological polar surface area (TPSA) is 35.6 Å². The smallest absolute Gasteiger partial charge is 0.243 e. The molecule has 1 heterocycles. The minimum Gasteiger partial charge on any atom is -0.326 e. The third kappa shape index (κ3) is 3.23. The van der Waals surface area contributed by atoms with Crippen molar-refractivity contribution in [2.75, 3.05) is 26.2 Å². The van der Waals surface area contributed by atoms with Crippen LogP contribution >= 0.6 is 0 Å². The van der Waals surface area contributed by atoms with E-state index in [2.05, 4.69) is 37.9 Å². The van der Waals surface area contributed by atoms with Gasteiger partial charge in [0, 0.05) is 6.54 Å². The number of carbonyl (C=O) groups excluding carboxylic acids is 1. The van der Waals surface area contributed by atoms with Crippen LogP contribution in [0.4, 0.5) is 0 Å². The minimum atomic E-state index is -0.353. The van der Waals surface area contributed by atoms with Crippen LogP contribution in [0.5, 0.6) is 0 Å². The van der Waals surface area contributed by atoms with Gasteiger partial charge < -0.3 is 9.80 Å². The summed E-state index contributed by atoms with van der Waals surface area (Å²) in [6.45, 7) is 14.6.